The number of halogens is 8. The number of carbonyl (C=O) groups excluding carboxylic acids is 1. The lowest BCUT2D eigenvalue weighted by Crippen LogP contribution is -2.02. The first-order chi connectivity index (χ1) is 46.8. The Labute approximate surface area is 583 Å². The minimum atomic E-state index is -0.820. The molecule has 0 bridgehead atoms. The van der Waals surface area contributed by atoms with Crippen LogP contribution in [0.2, 0.25) is 0 Å². The van der Waals surface area contributed by atoms with Crippen LogP contribution in [-0.4, -0.2) is 93.6 Å². The molecule has 98 heavy (non-hydrogen) atoms. The molecule has 19 nitrogen and oxygen atoms in total. The predicted octanol–water partition coefficient (Wildman–Crippen LogP) is 18.1. The number of methoxy groups -OCH3 is 2. The standard InChI is InChI=1S/C9H9FN2.C8H7FN2.2C8H10FNO.C8H10FN.C7H7BrFN.C7H7FN2O2.C7H8N2S.C7H9NO2S/c1-11-6-7-5-8(12-2)3-4-9(7)10;2*1-10-6-3-4-7(9)8(5-6)11-2;1-10-7-2-3-8(9)6(4-7)5-11;1-6-5-7(10-2)3-4-8(6)9;1-10-5-2-3-7(9)6(8)4-5;1-9-5-2-3-6(8)7(4-5)10(11)12;1-5-3-6(4-8)7(9-2)10-5;1-8-6-5(3-4-11-6)7(9)10-2/h3-5,12H,6H2,2H3;3-5,10H,1H3;3-5,10H,1-2H3;2-4,10-11H,5H2,1H3;3-5,10H,1-2H3;2-4,10H,1H3;2-4,9H,1H3;3,9H,1-2H3;3-4,8H,1-2H3. The average molecular weight is 1460 g/mol. The molecule has 7 aromatic carbocycles. The second kappa shape index (κ2) is 47.2. The van der Waals surface area contributed by atoms with Gasteiger partial charge in [-0.3, -0.25) is 10.1 Å². The Balaban J connectivity index is 0.000000552. The number of anilines is 9. The lowest BCUT2D eigenvalue weighted by molar-refractivity contribution is -0.387. The molecule has 0 saturated carbocycles. The fourth-order valence-corrected chi connectivity index (χ4v) is 9.10. The Morgan fingerprint density at radius 3 is 1.45 bits per heavy atom. The first-order valence-corrected chi connectivity index (χ1v) is 31.2. The number of benzene rings is 7. The van der Waals surface area contributed by atoms with Crippen LogP contribution in [0.5, 0.6) is 5.75 Å². The van der Waals surface area contributed by atoms with Gasteiger partial charge in [0.2, 0.25) is 18.0 Å². The van der Waals surface area contributed by atoms with Crippen molar-refractivity contribution in [3.05, 3.63) is 256 Å². The fourth-order valence-electron chi connectivity index (χ4n) is 7.17. The highest BCUT2D eigenvalue weighted by Gasteiger charge is 2.14. The number of carbonyl (C=O) groups is 1. The zero-order valence-corrected chi connectivity index (χ0v) is 59.1. The third-order valence-electron chi connectivity index (χ3n) is 12.5. The van der Waals surface area contributed by atoms with Crippen molar-refractivity contribution < 1.29 is 55.0 Å². The number of ether oxygens (including phenoxy) is 2. The van der Waals surface area contributed by atoms with E-state index in [9.17, 15) is 45.6 Å². The molecule has 0 spiro atoms. The normalized spacial score (nSPS) is 9.30. The van der Waals surface area contributed by atoms with Crippen LogP contribution in [0.3, 0.4) is 0 Å². The van der Waals surface area contributed by atoms with Crippen molar-refractivity contribution in [1.82, 2.24) is 0 Å². The van der Waals surface area contributed by atoms with Crippen LogP contribution in [0.1, 0.15) is 37.5 Å². The number of nitriles is 1. The predicted molar refractivity (Wildman–Crippen MR) is 388 cm³/mol. The largest absolute Gasteiger partial charge is 0.494 e. The monoisotopic (exact) mass is 1460 g/mol. The summed E-state index contributed by atoms with van der Waals surface area (Å²) < 4.78 is 98.7. The van der Waals surface area contributed by atoms with Crippen molar-refractivity contribution in [2.75, 3.05) is 125 Å². The second-order valence-corrected chi connectivity index (χ2v) is 21.9. The van der Waals surface area contributed by atoms with E-state index in [4.69, 9.17) is 28.2 Å². The highest BCUT2D eigenvalue weighted by atomic mass is 79.9. The summed E-state index contributed by atoms with van der Waals surface area (Å²) in [6.45, 7) is 16.8. The summed E-state index contributed by atoms with van der Waals surface area (Å²) >= 11 is 6.16. The molecule has 0 atom stereocenters. The van der Waals surface area contributed by atoms with Gasteiger partial charge < -0.3 is 67.3 Å². The number of nitrogens with zero attached hydrogens (tertiary/aromatic N) is 4. The van der Waals surface area contributed by atoms with Gasteiger partial charge in [-0.25, -0.2) is 42.6 Å². The quantitative estimate of drug-likeness (QED) is 0.0160. The van der Waals surface area contributed by atoms with Crippen LogP contribution in [-0.2, 0) is 17.9 Å². The lowest BCUT2D eigenvalue weighted by atomic mass is 10.2. The first kappa shape index (κ1) is 85.2. The number of nitro benzene ring substituents is 1. The number of rotatable bonds is 14. The topological polar surface area (TPSA) is 240 Å². The molecule has 0 amide bonds. The van der Waals surface area contributed by atoms with E-state index in [1.165, 1.54) is 79.0 Å². The number of nitro groups is 1. The Kier molecular flexibility index (Phi) is 41.0. The fraction of sp³-hybridized carbons (Fsp3) is 0.217. The molecule has 2 aromatic heterocycles. The molecule has 0 unspecified atom stereocenters. The van der Waals surface area contributed by atoms with Crippen molar-refractivity contribution in [2.45, 2.75) is 27.0 Å². The number of hydrogen-bond donors (Lipinski definition) is 10. The Bertz CT molecular complexity index is 3970. The second-order valence-electron chi connectivity index (χ2n) is 18.8. The van der Waals surface area contributed by atoms with E-state index in [-0.39, 0.29) is 59.6 Å². The third-order valence-corrected chi connectivity index (χ3v) is 15.1. The van der Waals surface area contributed by atoms with Crippen molar-refractivity contribution >= 4 is 106 Å². The van der Waals surface area contributed by atoms with Gasteiger partial charge >= 0.3 is 11.7 Å². The van der Waals surface area contributed by atoms with Crippen molar-refractivity contribution in [1.29, 1.82) is 5.26 Å². The highest BCUT2D eigenvalue weighted by molar-refractivity contribution is 9.10. The molecule has 9 aromatic rings. The Morgan fingerprint density at radius 1 is 0.571 bits per heavy atom. The van der Waals surface area contributed by atoms with Gasteiger partial charge in [-0.05, 0) is 168 Å². The summed E-state index contributed by atoms with van der Waals surface area (Å²) in [6.07, 6.45) is 0. The molecule has 10 N–H and O–H groups in total. The van der Waals surface area contributed by atoms with E-state index in [0.29, 0.717) is 32.4 Å². The smallest absolute Gasteiger partial charge is 0.340 e. The van der Waals surface area contributed by atoms with Crippen LogP contribution in [0.4, 0.5) is 91.9 Å². The zero-order chi connectivity index (χ0) is 73.9. The lowest BCUT2D eigenvalue weighted by Gasteiger charge is -2.03. The summed E-state index contributed by atoms with van der Waals surface area (Å²) in [7, 11) is 18.6. The summed E-state index contributed by atoms with van der Waals surface area (Å²) in [5, 5.41) is 56.9. The molecule has 29 heteroatoms. The maximum Gasteiger partial charge on any atom is 0.340 e. The van der Waals surface area contributed by atoms with Crippen LogP contribution in [0.15, 0.2) is 149 Å². The van der Waals surface area contributed by atoms with Gasteiger partial charge in [-0.1, -0.05) is 0 Å². The Hall–Kier alpha value is -10.8. The number of aliphatic hydroxyl groups excluding tert-OH is 1. The molecule has 0 fully saturated rings. The van der Waals surface area contributed by atoms with Gasteiger partial charge in [0, 0.05) is 126 Å². The van der Waals surface area contributed by atoms with Crippen molar-refractivity contribution in [3.8, 4) is 11.8 Å². The molecule has 0 radical (unpaired) electrons. The summed E-state index contributed by atoms with van der Waals surface area (Å²) in [4.78, 5) is 27.8. The molecular formula is C69H77BrF7N13O6S2. The van der Waals surface area contributed by atoms with Crippen molar-refractivity contribution in [3.63, 3.8) is 0 Å². The number of hydrogen-bond acceptors (Lipinski definition) is 18. The van der Waals surface area contributed by atoms with Gasteiger partial charge in [0.15, 0.2) is 11.6 Å². The van der Waals surface area contributed by atoms with Gasteiger partial charge in [0.25, 0.3) is 0 Å². The van der Waals surface area contributed by atoms with Crippen molar-refractivity contribution in [2.24, 2.45) is 0 Å². The first-order valence-electron chi connectivity index (χ1n) is 28.7. The highest BCUT2D eigenvalue weighted by Crippen LogP contribution is 2.28. The van der Waals surface area contributed by atoms with E-state index >= 15 is 0 Å². The van der Waals surface area contributed by atoms with Gasteiger partial charge in [0.05, 0.1) is 53.5 Å². The number of aryl methyl sites for hydroxylation is 2. The average Bonchev–Trinajstić information content (AvgIpc) is 1.87. The minimum Gasteiger partial charge on any atom is -0.494 e. The van der Waals surface area contributed by atoms with E-state index in [0.717, 1.165) is 61.8 Å². The zero-order valence-electron chi connectivity index (χ0n) is 55.9. The molecule has 9 rings (SSSR count). The molecule has 0 aliphatic rings. The van der Waals surface area contributed by atoms with Gasteiger partial charge in [0.1, 0.15) is 45.2 Å². The molecule has 0 aliphatic carbocycles. The summed E-state index contributed by atoms with van der Waals surface area (Å²) in [6, 6.07) is 37.3. The van der Waals surface area contributed by atoms with Crippen LogP contribution < -0.4 is 52.6 Å². The van der Waals surface area contributed by atoms with E-state index in [2.05, 4.69) is 84.3 Å². The van der Waals surface area contributed by atoms with Crippen LogP contribution in [0.25, 0.3) is 9.69 Å². The third kappa shape index (κ3) is 30.3. The summed E-state index contributed by atoms with van der Waals surface area (Å²) in [5.74, 6) is -2.74. The molecule has 0 saturated heterocycles. The minimum absolute atomic E-state index is 0.0526. The van der Waals surface area contributed by atoms with E-state index in [1.807, 2.05) is 32.5 Å². The molecular weight excluding hydrogens is 1380 g/mol. The SMILES string of the molecule is CNc1ccc(F)c(Br)c1.CNc1ccc(F)c(C)c1.CNc1ccc(F)c(CO)c1.CNc1ccc(F)c(OC)c1.CNc1ccc(F)c([N+](=O)[O-])c1.CNc1sc(C)cc1C#N.CNc1sccc1C(=O)OC.[C-]#[N+]Cc1cc(NC)ccc1F.[C-]#[N+]c1cc(NC)ccc1F. The summed E-state index contributed by atoms with van der Waals surface area (Å²) in [5.41, 5.74) is 7.88. The van der Waals surface area contributed by atoms with Crippen LogP contribution in [0, 0.1) is 89.2 Å². The number of esters is 1. The number of aliphatic hydroxyl groups is 1. The number of nitrogens with one attached hydrogen (secondary N) is 9. The molecule has 2 heterocycles. The Morgan fingerprint density at radius 2 is 1.01 bits per heavy atom. The maximum atomic E-state index is 12.9. The van der Waals surface area contributed by atoms with Gasteiger partial charge in [-0.15, -0.1) is 22.7 Å². The molecule has 0 aliphatic heterocycles. The van der Waals surface area contributed by atoms with E-state index in [1.54, 1.807) is 140 Å². The van der Waals surface area contributed by atoms with E-state index < -0.39 is 22.2 Å². The molecule has 522 valence electrons. The maximum absolute atomic E-state index is 12.9. The number of thiophene rings is 2. The van der Waals surface area contributed by atoms with Gasteiger partial charge in [-0.2, -0.15) is 9.65 Å². The van der Waals surface area contributed by atoms with Crippen LogP contribution >= 0.6 is 38.6 Å².